The van der Waals surface area contributed by atoms with Crippen molar-refractivity contribution >= 4 is 42.2 Å². The zero-order chi connectivity index (χ0) is 22.1. The van der Waals surface area contributed by atoms with Crippen molar-refractivity contribution < 1.29 is 21.6 Å². The fourth-order valence-electron chi connectivity index (χ4n) is 3.11. The van der Waals surface area contributed by atoms with Crippen LogP contribution in [0.5, 0.6) is 0 Å². The summed E-state index contributed by atoms with van der Waals surface area (Å²) >= 11 is 1.30. The van der Waals surface area contributed by atoms with E-state index in [-0.39, 0.29) is 35.1 Å². The molecule has 0 atom stereocenters. The number of sulfonamides is 1. The van der Waals surface area contributed by atoms with Crippen molar-refractivity contribution in [2.24, 2.45) is 0 Å². The number of hydrogen-bond donors (Lipinski definition) is 1. The molecule has 0 unspecified atom stereocenters. The average Bonchev–Trinajstić information content (AvgIpc) is 3.22. The Morgan fingerprint density at radius 1 is 1.00 bits per heavy atom. The number of aromatic nitrogens is 1. The molecule has 2 aromatic carbocycles. The van der Waals surface area contributed by atoms with Crippen molar-refractivity contribution in [3.05, 3.63) is 65.5 Å². The third-order valence-electron chi connectivity index (χ3n) is 4.85. The summed E-state index contributed by atoms with van der Waals surface area (Å²) < 4.78 is 49.7. The van der Waals surface area contributed by atoms with Gasteiger partial charge in [0.05, 0.1) is 22.1 Å². The molecule has 4 rings (SSSR count). The number of nitrogens with zero attached hydrogens (tertiary/aromatic N) is 2. The molecule has 2 heterocycles. The fourth-order valence-corrected chi connectivity index (χ4v) is 6.69. The van der Waals surface area contributed by atoms with Gasteiger partial charge in [-0.05, 0) is 24.3 Å². The van der Waals surface area contributed by atoms with E-state index in [0.717, 1.165) is 15.6 Å². The van der Waals surface area contributed by atoms with Crippen molar-refractivity contribution in [1.82, 2.24) is 9.29 Å². The molecule has 1 aliphatic heterocycles. The Balaban J connectivity index is 1.44. The number of nitrogens with one attached hydrogen (secondary N) is 1. The van der Waals surface area contributed by atoms with Gasteiger partial charge in [-0.3, -0.25) is 10.1 Å². The van der Waals surface area contributed by atoms with Gasteiger partial charge in [0.2, 0.25) is 10.0 Å². The number of anilines is 1. The Bertz CT molecular complexity index is 1290. The van der Waals surface area contributed by atoms with Gasteiger partial charge >= 0.3 is 0 Å². The van der Waals surface area contributed by atoms with Crippen LogP contribution in [0.15, 0.2) is 64.9 Å². The first kappa shape index (κ1) is 21.6. The van der Waals surface area contributed by atoms with E-state index in [1.807, 2.05) is 35.7 Å². The second kappa shape index (κ2) is 8.50. The average molecular weight is 478 g/mol. The summed E-state index contributed by atoms with van der Waals surface area (Å²) in [6.45, 7) is -0.138. The molecule has 162 valence electrons. The molecular weight excluding hydrogens is 458 g/mol. The lowest BCUT2D eigenvalue weighted by Gasteiger charge is -2.25. The third kappa shape index (κ3) is 4.85. The predicted molar refractivity (Wildman–Crippen MR) is 119 cm³/mol. The van der Waals surface area contributed by atoms with Gasteiger partial charge in [-0.25, -0.2) is 21.8 Å². The van der Waals surface area contributed by atoms with Gasteiger partial charge in [-0.2, -0.15) is 4.31 Å². The SMILES string of the molecule is O=C(Nc1nc(-c2ccccc2)cs1)c1ccc(S(=O)(=O)N2CCS(=O)(=O)CC2)cc1. The van der Waals surface area contributed by atoms with Crippen molar-refractivity contribution in [3.8, 4) is 11.3 Å². The summed E-state index contributed by atoms with van der Waals surface area (Å²) in [5, 5.41) is 5.01. The highest BCUT2D eigenvalue weighted by Crippen LogP contribution is 2.25. The Kier molecular flexibility index (Phi) is 5.93. The number of carbonyl (C=O) groups is 1. The van der Waals surface area contributed by atoms with E-state index in [4.69, 9.17) is 0 Å². The van der Waals surface area contributed by atoms with Gasteiger partial charge in [0, 0.05) is 29.6 Å². The van der Waals surface area contributed by atoms with E-state index in [1.165, 1.54) is 35.6 Å². The molecule has 1 aromatic heterocycles. The van der Waals surface area contributed by atoms with Crippen LogP contribution in [0.4, 0.5) is 5.13 Å². The van der Waals surface area contributed by atoms with Crippen LogP contribution in [0.3, 0.4) is 0 Å². The smallest absolute Gasteiger partial charge is 0.257 e. The first-order valence-corrected chi connectivity index (χ1v) is 13.5. The number of sulfone groups is 1. The van der Waals surface area contributed by atoms with Crippen LogP contribution < -0.4 is 5.32 Å². The van der Waals surface area contributed by atoms with Gasteiger partial charge in [0.15, 0.2) is 15.0 Å². The summed E-state index contributed by atoms with van der Waals surface area (Å²) in [6.07, 6.45) is 0. The van der Waals surface area contributed by atoms with E-state index in [0.29, 0.717) is 5.13 Å². The molecule has 1 amide bonds. The summed E-state index contributed by atoms with van der Waals surface area (Å²) in [7, 11) is -7.00. The van der Waals surface area contributed by atoms with Crippen LogP contribution in [0, 0.1) is 0 Å². The van der Waals surface area contributed by atoms with Gasteiger partial charge in [0.25, 0.3) is 5.91 Å². The highest BCUT2D eigenvalue weighted by molar-refractivity contribution is 7.92. The minimum absolute atomic E-state index is 0.0176. The number of benzene rings is 2. The molecule has 8 nitrogen and oxygen atoms in total. The zero-order valence-corrected chi connectivity index (χ0v) is 18.7. The van der Waals surface area contributed by atoms with Crippen molar-refractivity contribution in [2.45, 2.75) is 4.90 Å². The van der Waals surface area contributed by atoms with Crippen molar-refractivity contribution in [1.29, 1.82) is 0 Å². The number of carbonyl (C=O) groups excluding carboxylic acids is 1. The quantitative estimate of drug-likeness (QED) is 0.604. The first-order valence-electron chi connectivity index (χ1n) is 9.38. The molecular formula is C20H19N3O5S3. The lowest BCUT2D eigenvalue weighted by atomic mass is 10.2. The Labute approximate surface area is 184 Å². The molecule has 1 fully saturated rings. The molecule has 1 N–H and O–H groups in total. The highest BCUT2D eigenvalue weighted by atomic mass is 32.2. The monoisotopic (exact) mass is 477 g/mol. The van der Waals surface area contributed by atoms with E-state index in [9.17, 15) is 21.6 Å². The van der Waals surface area contributed by atoms with Crippen LogP contribution in [0.2, 0.25) is 0 Å². The van der Waals surface area contributed by atoms with Crippen LogP contribution in [0.25, 0.3) is 11.3 Å². The van der Waals surface area contributed by atoms with Gasteiger partial charge < -0.3 is 0 Å². The van der Waals surface area contributed by atoms with Gasteiger partial charge in [-0.15, -0.1) is 11.3 Å². The lowest BCUT2D eigenvalue weighted by Crippen LogP contribution is -2.43. The Hall–Kier alpha value is -2.60. The topological polar surface area (TPSA) is 114 Å². The van der Waals surface area contributed by atoms with E-state index in [1.54, 1.807) is 0 Å². The van der Waals surface area contributed by atoms with Crippen LogP contribution in [-0.2, 0) is 19.9 Å². The largest absolute Gasteiger partial charge is 0.298 e. The Morgan fingerprint density at radius 2 is 1.65 bits per heavy atom. The maximum Gasteiger partial charge on any atom is 0.257 e. The van der Waals surface area contributed by atoms with E-state index >= 15 is 0 Å². The number of hydrogen-bond acceptors (Lipinski definition) is 7. The molecule has 0 saturated carbocycles. The first-order chi connectivity index (χ1) is 14.7. The number of rotatable bonds is 5. The predicted octanol–water partition coefficient (Wildman–Crippen LogP) is 2.48. The zero-order valence-electron chi connectivity index (χ0n) is 16.3. The molecule has 0 aliphatic carbocycles. The van der Waals surface area contributed by atoms with Gasteiger partial charge in [-0.1, -0.05) is 30.3 Å². The third-order valence-corrected chi connectivity index (χ3v) is 9.13. The summed E-state index contributed by atoms with van der Waals surface area (Å²) in [5.74, 6) is -0.779. The molecule has 0 radical (unpaired) electrons. The number of amides is 1. The lowest BCUT2D eigenvalue weighted by molar-refractivity contribution is 0.102. The van der Waals surface area contributed by atoms with Crippen LogP contribution >= 0.6 is 11.3 Å². The van der Waals surface area contributed by atoms with Gasteiger partial charge in [0.1, 0.15) is 0 Å². The second-order valence-electron chi connectivity index (χ2n) is 6.94. The molecule has 0 spiro atoms. The standard InChI is InChI=1S/C20H19N3O5S3/c24-19(22-20-21-18(14-29-20)15-4-2-1-3-5-15)16-6-8-17(9-7-16)31(27,28)23-10-12-30(25,26)13-11-23/h1-9,14H,10-13H2,(H,21,22,24). The minimum atomic E-state index is -3.81. The van der Waals surface area contributed by atoms with Crippen LogP contribution in [-0.4, -0.2) is 56.6 Å². The summed E-state index contributed by atoms with van der Waals surface area (Å²) in [4.78, 5) is 17.0. The fraction of sp³-hybridized carbons (Fsp3) is 0.200. The molecule has 3 aromatic rings. The summed E-state index contributed by atoms with van der Waals surface area (Å²) in [5.41, 5.74) is 1.99. The normalized spacial score (nSPS) is 16.6. The highest BCUT2D eigenvalue weighted by Gasteiger charge is 2.31. The summed E-state index contributed by atoms with van der Waals surface area (Å²) in [6, 6.07) is 15.1. The second-order valence-corrected chi connectivity index (χ2v) is 12.0. The molecule has 0 bridgehead atoms. The van der Waals surface area contributed by atoms with Crippen LogP contribution in [0.1, 0.15) is 10.4 Å². The molecule has 1 aliphatic rings. The van der Waals surface area contributed by atoms with Crippen molar-refractivity contribution in [3.63, 3.8) is 0 Å². The Morgan fingerprint density at radius 3 is 2.29 bits per heavy atom. The van der Waals surface area contributed by atoms with E-state index < -0.39 is 25.8 Å². The minimum Gasteiger partial charge on any atom is -0.298 e. The molecule has 31 heavy (non-hydrogen) atoms. The molecule has 11 heteroatoms. The maximum atomic E-state index is 12.7. The molecule has 1 saturated heterocycles. The number of thiazole rings is 1. The van der Waals surface area contributed by atoms with E-state index in [2.05, 4.69) is 10.3 Å². The van der Waals surface area contributed by atoms with Crippen molar-refractivity contribution in [2.75, 3.05) is 29.9 Å². The maximum absolute atomic E-state index is 12.7.